The fourth-order valence-corrected chi connectivity index (χ4v) is 2.63. The second kappa shape index (κ2) is 10.4. The van der Waals surface area contributed by atoms with E-state index in [1.807, 2.05) is 31.2 Å². The van der Waals surface area contributed by atoms with Crippen LogP contribution in [0.3, 0.4) is 0 Å². The number of hydrogen-bond acceptors (Lipinski definition) is 5. The topological polar surface area (TPSA) is 97.6 Å². The number of rotatable bonds is 5. The van der Waals surface area contributed by atoms with Gasteiger partial charge in [-0.25, -0.2) is 9.98 Å². The van der Waals surface area contributed by atoms with E-state index in [0.717, 1.165) is 17.5 Å². The average molecular weight is 402 g/mol. The van der Waals surface area contributed by atoms with Crippen molar-refractivity contribution in [1.29, 1.82) is 0 Å². The fraction of sp³-hybridized carbons (Fsp3) is 0.250. The highest BCUT2D eigenvalue weighted by molar-refractivity contribution is 7.73. The molecular weight excluding hydrogens is 380 g/mol. The number of nitrogens with zero attached hydrogens (tertiary/aromatic N) is 2. The smallest absolute Gasteiger partial charge is 0.277 e. The van der Waals surface area contributed by atoms with Crippen LogP contribution in [0, 0.1) is 0 Å². The van der Waals surface area contributed by atoms with E-state index in [2.05, 4.69) is 9.98 Å². The van der Waals surface area contributed by atoms with E-state index in [1.54, 1.807) is 38.5 Å². The molecule has 0 aromatic heterocycles. The summed E-state index contributed by atoms with van der Waals surface area (Å²) < 4.78 is 32.8. The van der Waals surface area contributed by atoms with Crippen LogP contribution in [0.25, 0.3) is 0 Å². The second-order valence-electron chi connectivity index (χ2n) is 5.62. The van der Waals surface area contributed by atoms with Crippen molar-refractivity contribution in [2.45, 2.75) is 13.3 Å². The Morgan fingerprint density at radius 1 is 0.821 bits per heavy atom. The zero-order chi connectivity index (χ0) is 20.5. The average Bonchev–Trinajstić information content (AvgIpc) is 3.20. The van der Waals surface area contributed by atoms with Gasteiger partial charge in [0.15, 0.2) is 0 Å². The number of ether oxygens (including phenoxy) is 2. The summed E-state index contributed by atoms with van der Waals surface area (Å²) in [7, 11) is 0.665. The molecule has 0 bridgehead atoms. The molecule has 8 heteroatoms. The van der Waals surface area contributed by atoms with Crippen LogP contribution in [0.1, 0.15) is 24.5 Å². The van der Waals surface area contributed by atoms with E-state index in [0.29, 0.717) is 29.5 Å². The number of hydrogen-bond donors (Lipinski definition) is 1. The van der Waals surface area contributed by atoms with Crippen LogP contribution in [-0.4, -0.2) is 50.9 Å². The van der Waals surface area contributed by atoms with Gasteiger partial charge in [-0.1, -0.05) is 6.92 Å². The molecule has 0 saturated heterocycles. The Morgan fingerprint density at radius 3 is 1.43 bits per heavy atom. The Hall–Kier alpha value is -2.97. The van der Waals surface area contributed by atoms with Crippen LogP contribution < -0.4 is 9.47 Å². The van der Waals surface area contributed by atoms with Gasteiger partial charge in [-0.3, -0.25) is 0 Å². The molecule has 1 heterocycles. The Morgan fingerprint density at radius 2 is 1.18 bits per heavy atom. The molecule has 0 amide bonds. The molecular formula is C20H22N2O5S. The molecule has 2 aromatic rings. The van der Waals surface area contributed by atoms with Gasteiger partial charge >= 0.3 is 0 Å². The molecule has 2 aromatic carbocycles. The summed E-state index contributed by atoms with van der Waals surface area (Å²) in [4.78, 5) is 8.32. The van der Waals surface area contributed by atoms with Gasteiger partial charge in [0, 0.05) is 17.7 Å². The van der Waals surface area contributed by atoms with Gasteiger partial charge in [-0.15, -0.1) is 0 Å². The van der Waals surface area contributed by atoms with E-state index in [4.69, 9.17) is 14.6 Å². The lowest BCUT2D eigenvalue weighted by Gasteiger charge is -2.07. The van der Waals surface area contributed by atoms with Crippen molar-refractivity contribution in [3.05, 3.63) is 59.7 Å². The predicted molar refractivity (Wildman–Crippen MR) is 110 cm³/mol. The quantitative estimate of drug-likeness (QED) is 0.774. The molecule has 0 atom stereocenters. The monoisotopic (exact) mass is 402 g/mol. The molecule has 3 rings (SSSR count). The maximum absolute atomic E-state index is 11.3. The van der Waals surface area contributed by atoms with E-state index in [1.165, 1.54) is 0 Å². The van der Waals surface area contributed by atoms with Crippen LogP contribution in [0.5, 0.6) is 11.5 Å². The Labute approximate surface area is 165 Å². The number of aliphatic hydroxyl groups is 1. The van der Waals surface area contributed by atoms with E-state index >= 15 is 0 Å². The molecule has 7 nitrogen and oxygen atoms in total. The molecule has 0 radical (unpaired) electrons. The standard InChI is InChI=1S/C17H14N2O4S.C3H8O/c1-22-13-7-3-11(4-8-13)15-16(19-17(18-15)24(20)21)12-5-9-14(23-2)10-6-12;1-2-3-4/h3-10H,1-2H3;4H,2-3H2,1H3. The molecule has 0 aliphatic carbocycles. The summed E-state index contributed by atoms with van der Waals surface area (Å²) in [6.07, 6.45) is 0.875. The van der Waals surface area contributed by atoms with Gasteiger partial charge in [0.05, 0.1) is 14.2 Å². The van der Waals surface area contributed by atoms with Crippen molar-refractivity contribution in [2.75, 3.05) is 20.8 Å². The first-order valence-corrected chi connectivity index (χ1v) is 9.65. The van der Waals surface area contributed by atoms with Gasteiger partial charge in [-0.05, 0) is 55.0 Å². The summed E-state index contributed by atoms with van der Waals surface area (Å²) in [5.74, 6) is 1.41. The zero-order valence-corrected chi connectivity index (χ0v) is 16.7. The van der Waals surface area contributed by atoms with Crippen molar-refractivity contribution in [3.8, 4) is 11.5 Å². The normalized spacial score (nSPS) is 12.5. The van der Waals surface area contributed by atoms with Crippen LogP contribution in [-0.2, 0) is 10.3 Å². The predicted octanol–water partition coefficient (Wildman–Crippen LogP) is 2.35. The van der Waals surface area contributed by atoms with E-state index in [9.17, 15) is 8.42 Å². The van der Waals surface area contributed by atoms with Gasteiger partial charge in [0.1, 0.15) is 22.9 Å². The molecule has 1 aliphatic rings. The highest BCUT2D eigenvalue weighted by Crippen LogP contribution is 2.20. The van der Waals surface area contributed by atoms with Crippen molar-refractivity contribution < 1.29 is 23.0 Å². The largest absolute Gasteiger partial charge is 0.497 e. The van der Waals surface area contributed by atoms with Crippen molar-refractivity contribution in [3.63, 3.8) is 0 Å². The minimum atomic E-state index is -2.50. The van der Waals surface area contributed by atoms with Gasteiger partial charge in [0.25, 0.3) is 15.4 Å². The second-order valence-corrected chi connectivity index (χ2v) is 6.45. The van der Waals surface area contributed by atoms with Crippen molar-refractivity contribution in [1.82, 2.24) is 0 Å². The Balaban J connectivity index is 0.000000640. The molecule has 148 valence electrons. The maximum atomic E-state index is 11.3. The SMILES string of the molecule is CCCO.COc1ccc(C2=NC(=S(=O)=O)N=C2c2ccc(OC)cc2)cc1. The summed E-state index contributed by atoms with van der Waals surface area (Å²) in [6.45, 7) is 2.25. The summed E-state index contributed by atoms with van der Waals surface area (Å²) >= 11 is 0. The van der Waals surface area contributed by atoms with Gasteiger partial charge < -0.3 is 14.6 Å². The van der Waals surface area contributed by atoms with Crippen LogP contribution in [0.4, 0.5) is 0 Å². The Kier molecular flexibility index (Phi) is 7.91. The third kappa shape index (κ3) is 5.28. The first-order valence-electron chi connectivity index (χ1n) is 8.57. The van der Waals surface area contributed by atoms with Gasteiger partial charge in [-0.2, -0.15) is 8.42 Å². The Bertz CT molecular complexity index is 916. The number of methoxy groups -OCH3 is 2. The number of benzene rings is 2. The lowest BCUT2D eigenvalue weighted by Crippen LogP contribution is -2.13. The number of aliphatic hydroxyl groups excluding tert-OH is 1. The van der Waals surface area contributed by atoms with E-state index < -0.39 is 10.3 Å². The summed E-state index contributed by atoms with van der Waals surface area (Å²) in [5.41, 5.74) is 2.51. The molecule has 1 N–H and O–H groups in total. The third-order valence-electron chi connectivity index (χ3n) is 3.74. The molecule has 0 unspecified atom stereocenters. The minimum Gasteiger partial charge on any atom is -0.497 e. The van der Waals surface area contributed by atoms with Crippen LogP contribution >= 0.6 is 0 Å². The fourth-order valence-electron chi connectivity index (χ4n) is 2.30. The lowest BCUT2D eigenvalue weighted by molar-refractivity contribution is 0.295. The minimum absolute atomic E-state index is 0.230. The summed E-state index contributed by atoms with van der Waals surface area (Å²) in [5, 5.41) is 7.65. The van der Waals surface area contributed by atoms with Crippen LogP contribution in [0.15, 0.2) is 58.5 Å². The molecule has 28 heavy (non-hydrogen) atoms. The zero-order valence-electron chi connectivity index (χ0n) is 15.9. The molecule has 1 aliphatic heterocycles. The molecule has 0 saturated carbocycles. The molecule has 0 fully saturated rings. The molecule has 0 spiro atoms. The van der Waals surface area contributed by atoms with Gasteiger partial charge in [0.2, 0.25) is 0 Å². The highest BCUT2D eigenvalue weighted by atomic mass is 32.2. The van der Waals surface area contributed by atoms with Crippen molar-refractivity contribution in [2.24, 2.45) is 9.98 Å². The first kappa shape index (κ1) is 21.3. The maximum Gasteiger partial charge on any atom is 0.277 e. The number of aliphatic imine (C=N–C) groups is 2. The van der Waals surface area contributed by atoms with E-state index in [-0.39, 0.29) is 5.11 Å². The van der Waals surface area contributed by atoms with Crippen molar-refractivity contribution >= 4 is 26.8 Å². The lowest BCUT2D eigenvalue weighted by atomic mass is 10.00. The highest BCUT2D eigenvalue weighted by Gasteiger charge is 2.22. The third-order valence-corrected chi connectivity index (χ3v) is 4.22. The first-order chi connectivity index (χ1) is 13.5. The van der Waals surface area contributed by atoms with Crippen LogP contribution in [0.2, 0.25) is 0 Å². The summed E-state index contributed by atoms with van der Waals surface area (Å²) in [6, 6.07) is 14.4.